The third-order valence-corrected chi connectivity index (χ3v) is 11.0. The molecule has 0 spiro atoms. The Kier molecular flexibility index (Phi) is 9.27. The fourth-order valence-corrected chi connectivity index (χ4v) is 8.27. The number of urea groups is 2. The van der Waals surface area contributed by atoms with Crippen LogP contribution in [0.3, 0.4) is 0 Å². The second-order valence-corrected chi connectivity index (χ2v) is 14.1. The number of hydrogen-bond donors (Lipinski definition) is 3. The predicted molar refractivity (Wildman–Crippen MR) is 182 cm³/mol. The first-order valence-electron chi connectivity index (χ1n) is 17.2. The molecule has 1 saturated carbocycles. The Hall–Kier alpha value is -3.83. The smallest absolute Gasteiger partial charge is 0.322 e. The number of nitrogens with one attached hydrogen (secondary N) is 3. The van der Waals surface area contributed by atoms with Crippen LogP contribution in [0.25, 0.3) is 10.9 Å². The molecule has 11 nitrogen and oxygen atoms in total. The van der Waals surface area contributed by atoms with Gasteiger partial charge in [-0.25, -0.2) is 9.59 Å². The van der Waals surface area contributed by atoms with Gasteiger partial charge in [0.2, 0.25) is 5.91 Å². The first kappa shape index (κ1) is 31.8. The van der Waals surface area contributed by atoms with Crippen LogP contribution in [0.2, 0.25) is 5.02 Å². The van der Waals surface area contributed by atoms with Crippen LogP contribution < -0.4 is 10.6 Å². The molecule has 1 aliphatic carbocycles. The molecular weight excluding hydrogens is 616 g/mol. The number of fused-ring (bicyclic) bond motifs is 2. The number of anilines is 1. The van der Waals surface area contributed by atoms with Crippen molar-refractivity contribution >= 4 is 46.2 Å². The lowest BCUT2D eigenvalue weighted by molar-refractivity contribution is -0.135. The number of rotatable bonds is 6. The Morgan fingerprint density at radius 1 is 0.979 bits per heavy atom. The van der Waals surface area contributed by atoms with Crippen LogP contribution in [0.1, 0.15) is 61.6 Å². The zero-order valence-corrected chi connectivity index (χ0v) is 27.9. The van der Waals surface area contributed by atoms with Gasteiger partial charge in [-0.05, 0) is 61.4 Å². The topological polar surface area (TPSA) is 117 Å². The van der Waals surface area contributed by atoms with Crippen LogP contribution in [0, 0.1) is 6.92 Å². The lowest BCUT2D eigenvalue weighted by atomic mass is 9.93. The first-order chi connectivity index (χ1) is 22.8. The normalized spacial score (nSPS) is 20.6. The molecule has 3 N–H and O–H groups in total. The van der Waals surface area contributed by atoms with Gasteiger partial charge in [-0.2, -0.15) is 5.10 Å². The van der Waals surface area contributed by atoms with E-state index in [1.165, 1.54) is 32.1 Å². The number of H-pyrrole nitrogens is 1. The van der Waals surface area contributed by atoms with Gasteiger partial charge in [-0.3, -0.25) is 14.8 Å². The van der Waals surface area contributed by atoms with Crippen LogP contribution in [0.4, 0.5) is 15.3 Å². The van der Waals surface area contributed by atoms with Gasteiger partial charge >= 0.3 is 12.1 Å². The molecule has 0 bridgehead atoms. The van der Waals surface area contributed by atoms with E-state index >= 15 is 0 Å². The largest absolute Gasteiger partial charge is 0.338 e. The number of para-hydroxylation sites is 1. The van der Waals surface area contributed by atoms with E-state index in [1.807, 2.05) is 28.9 Å². The average Bonchev–Trinajstić information content (AvgIpc) is 3.58. The van der Waals surface area contributed by atoms with Gasteiger partial charge in [-0.1, -0.05) is 49.1 Å². The quantitative estimate of drug-likeness (QED) is 0.339. The summed E-state index contributed by atoms with van der Waals surface area (Å²) in [5, 5.41) is 14.9. The number of aromatic nitrogens is 2. The molecule has 0 radical (unpaired) electrons. The van der Waals surface area contributed by atoms with Crippen molar-refractivity contribution in [2.75, 3.05) is 44.6 Å². The molecule has 2 saturated heterocycles. The number of piperidine rings is 1. The van der Waals surface area contributed by atoms with Crippen LogP contribution in [-0.4, -0.2) is 105 Å². The molecule has 250 valence electrons. The molecule has 5 amide bonds. The lowest BCUT2D eigenvalue weighted by Crippen LogP contribution is -2.59. The van der Waals surface area contributed by atoms with E-state index in [9.17, 15) is 14.4 Å². The number of nitrogens with zero attached hydrogens (tertiary/aromatic N) is 5. The van der Waals surface area contributed by atoms with Crippen molar-refractivity contribution in [3.8, 4) is 0 Å². The summed E-state index contributed by atoms with van der Waals surface area (Å²) in [6.07, 6.45) is 9.95. The molecule has 2 aromatic carbocycles. The highest BCUT2D eigenvalue weighted by Gasteiger charge is 2.36. The number of carbonyl (C=O) groups is 3. The van der Waals surface area contributed by atoms with E-state index in [2.05, 4.69) is 37.9 Å². The standard InChI is InChI=1S/C35H45ClN8O3/c1-23-18-24(19-26-21-37-40-31(23)26)20-30(33(45)42-16-14-41(15-17-42)27-7-3-2-4-8-27)38-34(46)43-12-10-28(11-13-43)44-22-25-6-5-9-29(36)32(25)39-35(44)47/h5-6,9,18-19,21,27-28,30H,2-4,7-8,10-17,20,22H2,1H3,(H,37,40)(H,38,46)(H,39,47). The molecule has 7 rings (SSSR count). The Morgan fingerprint density at radius 3 is 2.51 bits per heavy atom. The maximum atomic E-state index is 14.1. The van der Waals surface area contributed by atoms with Gasteiger partial charge in [0.25, 0.3) is 0 Å². The minimum Gasteiger partial charge on any atom is -0.338 e. The van der Waals surface area contributed by atoms with Gasteiger partial charge in [0, 0.05) is 69.7 Å². The Morgan fingerprint density at radius 2 is 1.74 bits per heavy atom. The van der Waals surface area contributed by atoms with E-state index in [0.717, 1.165) is 40.7 Å². The highest BCUT2D eigenvalue weighted by Crippen LogP contribution is 2.33. The predicted octanol–water partition coefficient (Wildman–Crippen LogP) is 5.13. The summed E-state index contributed by atoms with van der Waals surface area (Å²) in [6.45, 7) is 6.65. The third-order valence-electron chi connectivity index (χ3n) is 10.7. The molecule has 4 heterocycles. The summed E-state index contributed by atoms with van der Waals surface area (Å²) < 4.78 is 0. The summed E-state index contributed by atoms with van der Waals surface area (Å²) in [7, 11) is 0. The van der Waals surface area contributed by atoms with E-state index in [1.54, 1.807) is 17.2 Å². The van der Waals surface area contributed by atoms with Crippen molar-refractivity contribution < 1.29 is 14.4 Å². The average molecular weight is 661 g/mol. The highest BCUT2D eigenvalue weighted by atomic mass is 35.5. The molecular formula is C35H45ClN8O3. The van der Waals surface area contributed by atoms with Crippen LogP contribution in [0.15, 0.2) is 36.5 Å². The Balaban J connectivity index is 1.01. The van der Waals surface area contributed by atoms with E-state index in [0.29, 0.717) is 68.7 Å². The number of hydrogen-bond acceptors (Lipinski definition) is 5. The summed E-state index contributed by atoms with van der Waals surface area (Å²) >= 11 is 6.31. The molecule has 3 aromatic rings. The number of aryl methyl sites for hydroxylation is 1. The maximum absolute atomic E-state index is 14.1. The number of likely N-dealkylation sites (tertiary alicyclic amines) is 1. The SMILES string of the molecule is Cc1cc(CC(NC(=O)N2CCC(N3Cc4cccc(Cl)c4NC3=O)CC2)C(=O)N2CCN(C3CCCCC3)CC2)cc2cn[nH]c12. The fraction of sp³-hybridized carbons (Fsp3) is 0.543. The molecule has 1 aromatic heterocycles. The summed E-state index contributed by atoms with van der Waals surface area (Å²) in [6, 6.07) is 9.35. The number of halogens is 1. The molecule has 12 heteroatoms. The lowest BCUT2D eigenvalue weighted by Gasteiger charge is -2.42. The monoisotopic (exact) mass is 660 g/mol. The van der Waals surface area contributed by atoms with Crippen molar-refractivity contribution in [3.63, 3.8) is 0 Å². The van der Waals surface area contributed by atoms with E-state index < -0.39 is 6.04 Å². The molecule has 1 atom stereocenters. The van der Waals surface area contributed by atoms with Gasteiger partial charge < -0.3 is 25.3 Å². The number of aromatic amines is 1. The second kappa shape index (κ2) is 13.7. The summed E-state index contributed by atoms with van der Waals surface area (Å²) in [4.78, 5) is 49.0. The van der Waals surface area contributed by atoms with Crippen LogP contribution >= 0.6 is 11.6 Å². The van der Waals surface area contributed by atoms with Crippen LogP contribution in [0.5, 0.6) is 0 Å². The number of piperazine rings is 1. The van der Waals surface area contributed by atoms with Crippen molar-refractivity contribution in [3.05, 3.63) is 58.2 Å². The van der Waals surface area contributed by atoms with E-state index in [-0.39, 0.29) is 24.0 Å². The van der Waals surface area contributed by atoms with Gasteiger partial charge in [0.1, 0.15) is 6.04 Å². The molecule has 1 unspecified atom stereocenters. The zero-order chi connectivity index (χ0) is 32.5. The van der Waals surface area contributed by atoms with Crippen LogP contribution in [-0.2, 0) is 17.8 Å². The van der Waals surface area contributed by atoms with Gasteiger partial charge in [0.15, 0.2) is 0 Å². The summed E-state index contributed by atoms with van der Waals surface area (Å²) in [5.74, 6) is -0.0243. The van der Waals surface area contributed by atoms with Gasteiger partial charge in [-0.15, -0.1) is 0 Å². The second-order valence-electron chi connectivity index (χ2n) is 13.7. The number of benzene rings is 2. The van der Waals surface area contributed by atoms with Crippen molar-refractivity contribution in [1.82, 2.24) is 35.1 Å². The first-order valence-corrected chi connectivity index (χ1v) is 17.6. The minimum absolute atomic E-state index is 0.00809. The Bertz CT molecular complexity index is 1620. The fourth-order valence-electron chi connectivity index (χ4n) is 8.03. The number of amides is 5. The zero-order valence-electron chi connectivity index (χ0n) is 27.1. The third kappa shape index (κ3) is 6.78. The molecule has 4 aliphatic rings. The maximum Gasteiger partial charge on any atom is 0.322 e. The van der Waals surface area contributed by atoms with Crippen molar-refractivity contribution in [2.24, 2.45) is 0 Å². The summed E-state index contributed by atoms with van der Waals surface area (Å²) in [5.41, 5.74) is 4.70. The molecule has 3 aliphatic heterocycles. The van der Waals surface area contributed by atoms with Crippen molar-refractivity contribution in [1.29, 1.82) is 0 Å². The molecule has 3 fully saturated rings. The molecule has 47 heavy (non-hydrogen) atoms. The highest BCUT2D eigenvalue weighted by molar-refractivity contribution is 6.34. The number of carbonyl (C=O) groups excluding carboxylic acids is 3. The van der Waals surface area contributed by atoms with Gasteiger partial charge in [0.05, 0.1) is 22.4 Å². The van der Waals surface area contributed by atoms with Crippen molar-refractivity contribution in [2.45, 2.75) is 83.0 Å². The Labute approximate surface area is 280 Å². The minimum atomic E-state index is -0.681. The van der Waals surface area contributed by atoms with E-state index in [4.69, 9.17) is 11.6 Å².